The van der Waals surface area contributed by atoms with E-state index >= 15 is 0 Å². The molecule has 1 aromatic rings. The van der Waals surface area contributed by atoms with Crippen LogP contribution in [0.25, 0.3) is 0 Å². The average molecular weight is 428 g/mol. The van der Waals surface area contributed by atoms with E-state index < -0.39 is 29.5 Å². The van der Waals surface area contributed by atoms with Gasteiger partial charge in [0, 0.05) is 30.8 Å². The highest BCUT2D eigenvalue weighted by molar-refractivity contribution is 6.99. The number of morpholine rings is 1. The Balaban J connectivity index is 1.76. The van der Waals surface area contributed by atoms with Crippen molar-refractivity contribution in [3.63, 3.8) is 0 Å². The van der Waals surface area contributed by atoms with E-state index in [-0.39, 0.29) is 12.5 Å². The third kappa shape index (κ3) is 5.41. The number of aliphatic hydroxyl groups excluding tert-OH is 1. The maximum absolute atomic E-state index is 12.0. The molecule has 3 rings (SSSR count). The van der Waals surface area contributed by atoms with E-state index in [0.29, 0.717) is 32.1 Å². The lowest BCUT2D eigenvalue weighted by Crippen LogP contribution is -2.66. The molecule has 1 fully saturated rings. The molecule has 12 heteroatoms. The van der Waals surface area contributed by atoms with E-state index in [1.54, 1.807) is 20.8 Å². The number of carbonyl (C=O) groups is 2. The molecule has 1 atom stereocenters. The second kappa shape index (κ2) is 8.61. The molecule has 160 valence electrons. The Labute approximate surface area is 171 Å². The number of aliphatic hydroxyl groups is 1. The SMILES string of the molecule is CC(C)(C)NC1([C@@H](O)COc2nsnc2N2CCOCC2)OC(=O)C=CC(=O)O1. The zero-order chi connectivity index (χ0) is 21.1. The molecule has 2 N–H and O–H groups in total. The van der Waals surface area contributed by atoms with Crippen LogP contribution in [0.3, 0.4) is 0 Å². The first kappa shape index (κ1) is 21.4. The smallest absolute Gasteiger partial charge is 0.349 e. The van der Waals surface area contributed by atoms with Crippen molar-refractivity contribution in [3.8, 4) is 5.88 Å². The van der Waals surface area contributed by atoms with Crippen LogP contribution in [0.1, 0.15) is 20.8 Å². The number of nitrogens with one attached hydrogen (secondary N) is 1. The van der Waals surface area contributed by atoms with Crippen molar-refractivity contribution < 1.29 is 33.6 Å². The maximum Gasteiger partial charge on any atom is 0.349 e. The normalized spacial score (nSPS) is 20.6. The van der Waals surface area contributed by atoms with Gasteiger partial charge in [-0.05, 0) is 20.8 Å². The molecule has 0 amide bonds. The van der Waals surface area contributed by atoms with Crippen molar-refractivity contribution in [1.29, 1.82) is 0 Å². The van der Waals surface area contributed by atoms with E-state index in [2.05, 4.69) is 14.1 Å². The van der Waals surface area contributed by atoms with Crippen molar-refractivity contribution in [2.75, 3.05) is 37.8 Å². The summed E-state index contributed by atoms with van der Waals surface area (Å²) in [5.41, 5.74) is -0.674. The van der Waals surface area contributed by atoms with Crippen molar-refractivity contribution in [2.24, 2.45) is 0 Å². The number of anilines is 1. The third-order valence-corrected chi connectivity index (χ3v) is 4.48. The molecule has 0 aromatic carbocycles. The lowest BCUT2D eigenvalue weighted by atomic mass is 10.1. The van der Waals surface area contributed by atoms with Gasteiger partial charge in [-0.1, -0.05) is 0 Å². The number of cyclic esters (lactones) is 2. The van der Waals surface area contributed by atoms with Gasteiger partial charge in [0.15, 0.2) is 6.10 Å². The standard InChI is InChI=1S/C17H24N4O7S/c1-16(2,3)20-17(27-12(23)4-5-13(24)28-17)11(22)10-26-15-14(18-29-19-15)21-6-8-25-9-7-21/h4-5,11,20,22H,6-10H2,1-3H3/t11-/m0/s1. The number of rotatable bonds is 6. The monoisotopic (exact) mass is 428 g/mol. The zero-order valence-electron chi connectivity index (χ0n) is 16.4. The van der Waals surface area contributed by atoms with Gasteiger partial charge in [-0.15, -0.1) is 4.37 Å². The summed E-state index contributed by atoms with van der Waals surface area (Å²) < 4.78 is 29.9. The molecule has 2 aliphatic rings. The molecular formula is C17H24N4O7S. The van der Waals surface area contributed by atoms with Crippen LogP contribution in [0, 0.1) is 0 Å². The minimum Gasteiger partial charge on any atom is -0.471 e. The molecular weight excluding hydrogens is 404 g/mol. The Bertz CT molecular complexity index is 750. The van der Waals surface area contributed by atoms with Crippen molar-refractivity contribution >= 4 is 29.5 Å². The van der Waals surface area contributed by atoms with Crippen LogP contribution >= 0.6 is 11.7 Å². The fourth-order valence-corrected chi connectivity index (χ4v) is 3.34. The van der Waals surface area contributed by atoms with Gasteiger partial charge in [0.05, 0.1) is 24.9 Å². The van der Waals surface area contributed by atoms with Gasteiger partial charge in [0.1, 0.15) is 6.61 Å². The van der Waals surface area contributed by atoms with Gasteiger partial charge in [0.25, 0.3) is 5.88 Å². The first-order valence-corrected chi connectivity index (χ1v) is 9.81. The summed E-state index contributed by atoms with van der Waals surface area (Å²) >= 11 is 0.975. The highest BCUT2D eigenvalue weighted by Gasteiger charge is 2.50. The number of carbonyl (C=O) groups excluding carboxylic acids is 2. The highest BCUT2D eigenvalue weighted by Crippen LogP contribution is 2.28. The number of nitrogens with zero attached hydrogens (tertiary/aromatic N) is 3. The fraction of sp³-hybridized carbons (Fsp3) is 0.647. The van der Waals surface area contributed by atoms with E-state index in [4.69, 9.17) is 18.9 Å². The molecule has 29 heavy (non-hydrogen) atoms. The van der Waals surface area contributed by atoms with Gasteiger partial charge in [-0.25, -0.2) is 14.9 Å². The Morgan fingerprint density at radius 1 is 1.24 bits per heavy atom. The van der Waals surface area contributed by atoms with Crippen molar-refractivity contribution in [1.82, 2.24) is 14.1 Å². The van der Waals surface area contributed by atoms with Crippen LogP contribution in [0.2, 0.25) is 0 Å². The first-order chi connectivity index (χ1) is 13.7. The van der Waals surface area contributed by atoms with Crippen LogP contribution in [-0.2, 0) is 23.8 Å². The summed E-state index contributed by atoms with van der Waals surface area (Å²) in [7, 11) is 0. The van der Waals surface area contributed by atoms with Gasteiger partial charge >= 0.3 is 17.8 Å². The molecule has 0 aliphatic carbocycles. The molecule has 0 bridgehead atoms. The molecule has 11 nitrogen and oxygen atoms in total. The number of aromatic nitrogens is 2. The minimum absolute atomic E-state index is 0.228. The molecule has 0 spiro atoms. The third-order valence-electron chi connectivity index (χ3n) is 3.98. The summed E-state index contributed by atoms with van der Waals surface area (Å²) in [5.74, 6) is -3.03. The molecule has 0 radical (unpaired) electrons. The Hall–Kier alpha value is -2.28. The number of esters is 2. The molecule has 1 saturated heterocycles. The van der Waals surface area contributed by atoms with E-state index in [0.717, 1.165) is 23.9 Å². The molecule has 1 aromatic heterocycles. The zero-order valence-corrected chi connectivity index (χ0v) is 17.2. The van der Waals surface area contributed by atoms with Gasteiger partial charge in [0.2, 0.25) is 5.82 Å². The second-order valence-corrected chi connectivity index (χ2v) is 8.07. The van der Waals surface area contributed by atoms with Crippen LogP contribution < -0.4 is 15.0 Å². The minimum atomic E-state index is -2.13. The molecule has 0 saturated carbocycles. The quantitative estimate of drug-likeness (QED) is 0.584. The van der Waals surface area contributed by atoms with Crippen LogP contribution in [-0.4, -0.2) is 76.3 Å². The second-order valence-electron chi connectivity index (χ2n) is 7.54. The summed E-state index contributed by atoms with van der Waals surface area (Å²) in [4.78, 5) is 25.9. The van der Waals surface area contributed by atoms with Gasteiger partial charge in [-0.2, -0.15) is 4.37 Å². The Morgan fingerprint density at radius 2 is 1.86 bits per heavy atom. The lowest BCUT2D eigenvalue weighted by Gasteiger charge is -2.39. The predicted octanol–water partition coefficient (Wildman–Crippen LogP) is -0.187. The van der Waals surface area contributed by atoms with E-state index in [1.165, 1.54) is 0 Å². The van der Waals surface area contributed by atoms with Gasteiger partial charge < -0.3 is 29.0 Å². The van der Waals surface area contributed by atoms with Crippen LogP contribution in [0.15, 0.2) is 12.2 Å². The lowest BCUT2D eigenvalue weighted by molar-refractivity contribution is -0.278. The number of hydrogen-bond acceptors (Lipinski definition) is 12. The van der Waals surface area contributed by atoms with Crippen LogP contribution in [0.5, 0.6) is 5.88 Å². The molecule has 3 heterocycles. The number of hydrogen-bond donors (Lipinski definition) is 2. The highest BCUT2D eigenvalue weighted by atomic mass is 32.1. The van der Waals surface area contributed by atoms with Crippen LogP contribution in [0.4, 0.5) is 5.82 Å². The first-order valence-electron chi connectivity index (χ1n) is 9.08. The largest absolute Gasteiger partial charge is 0.471 e. The van der Waals surface area contributed by atoms with E-state index in [1.807, 2.05) is 4.90 Å². The topological polar surface area (TPSA) is 132 Å². The molecule has 0 unspecified atom stereocenters. The Kier molecular flexibility index (Phi) is 6.36. The average Bonchev–Trinajstić information content (AvgIpc) is 3.06. The predicted molar refractivity (Wildman–Crippen MR) is 101 cm³/mol. The summed E-state index contributed by atoms with van der Waals surface area (Å²) in [6.45, 7) is 7.34. The van der Waals surface area contributed by atoms with Crippen molar-refractivity contribution in [2.45, 2.75) is 38.3 Å². The molecule has 2 aliphatic heterocycles. The van der Waals surface area contributed by atoms with Gasteiger partial charge in [-0.3, -0.25) is 0 Å². The summed E-state index contributed by atoms with van der Waals surface area (Å²) in [6.07, 6.45) is 0.319. The Morgan fingerprint density at radius 3 is 2.45 bits per heavy atom. The van der Waals surface area contributed by atoms with Crippen molar-refractivity contribution in [3.05, 3.63) is 12.2 Å². The summed E-state index contributed by atoms with van der Waals surface area (Å²) in [5, 5.41) is 13.7. The fourth-order valence-electron chi connectivity index (χ4n) is 2.82. The van der Waals surface area contributed by atoms with E-state index in [9.17, 15) is 14.7 Å². The summed E-state index contributed by atoms with van der Waals surface area (Å²) in [6, 6.07) is 0. The maximum atomic E-state index is 12.0. The number of ether oxygens (including phenoxy) is 4.